The Kier molecular flexibility index (Phi) is 6.66. The highest BCUT2D eigenvalue weighted by Crippen LogP contribution is 2.23. The van der Waals surface area contributed by atoms with Crippen LogP contribution in [0.2, 0.25) is 0 Å². The zero-order valence-corrected chi connectivity index (χ0v) is 14.8. The van der Waals surface area contributed by atoms with Crippen molar-refractivity contribution >= 4 is 11.8 Å². The summed E-state index contributed by atoms with van der Waals surface area (Å²) in [6.45, 7) is 4.64. The predicted molar refractivity (Wildman–Crippen MR) is 97.5 cm³/mol. The van der Waals surface area contributed by atoms with Crippen molar-refractivity contribution in [3.05, 3.63) is 12.3 Å². The fourth-order valence-corrected chi connectivity index (χ4v) is 3.72. The van der Waals surface area contributed by atoms with Gasteiger partial charge in [0.2, 0.25) is 5.95 Å². The number of ether oxygens (including phenoxy) is 1. The largest absolute Gasteiger partial charge is 0.378 e. The third-order valence-corrected chi connectivity index (χ3v) is 5.04. The van der Waals surface area contributed by atoms with Crippen molar-refractivity contribution in [1.82, 2.24) is 14.9 Å². The molecule has 6 heteroatoms. The van der Waals surface area contributed by atoms with Crippen LogP contribution in [-0.2, 0) is 4.74 Å². The van der Waals surface area contributed by atoms with E-state index in [-0.39, 0.29) is 0 Å². The fourth-order valence-electron chi connectivity index (χ4n) is 3.72. The highest BCUT2D eigenvalue weighted by molar-refractivity contribution is 5.39. The summed E-state index contributed by atoms with van der Waals surface area (Å²) in [5.41, 5.74) is 0. The van der Waals surface area contributed by atoms with Crippen LogP contribution in [0.25, 0.3) is 0 Å². The van der Waals surface area contributed by atoms with Gasteiger partial charge in [0.15, 0.2) is 0 Å². The number of rotatable bonds is 8. The number of nitrogens with zero attached hydrogens (tertiary/aromatic N) is 3. The van der Waals surface area contributed by atoms with Gasteiger partial charge in [-0.15, -0.1) is 0 Å². The molecule has 2 aliphatic rings. The smallest absolute Gasteiger partial charge is 0.224 e. The molecule has 0 amide bonds. The molecule has 1 aliphatic carbocycles. The van der Waals surface area contributed by atoms with Gasteiger partial charge in [-0.2, -0.15) is 4.98 Å². The number of hydrogen-bond donors (Lipinski definition) is 2. The highest BCUT2D eigenvalue weighted by Gasteiger charge is 2.23. The number of anilines is 2. The maximum Gasteiger partial charge on any atom is 0.224 e. The Balaban J connectivity index is 1.37. The molecule has 1 aromatic rings. The normalized spacial score (nSPS) is 24.9. The highest BCUT2D eigenvalue weighted by atomic mass is 16.5. The Labute approximate surface area is 145 Å². The number of aromatic nitrogens is 2. The molecule has 6 nitrogen and oxygen atoms in total. The van der Waals surface area contributed by atoms with Crippen LogP contribution in [-0.4, -0.2) is 60.3 Å². The Morgan fingerprint density at radius 1 is 1.25 bits per heavy atom. The molecule has 134 valence electrons. The van der Waals surface area contributed by atoms with Gasteiger partial charge in [-0.05, 0) is 64.1 Å². The second-order valence-corrected chi connectivity index (χ2v) is 6.92. The predicted octanol–water partition coefficient (Wildman–Crippen LogP) is 2.74. The van der Waals surface area contributed by atoms with E-state index in [4.69, 9.17) is 4.74 Å². The third kappa shape index (κ3) is 5.31. The van der Waals surface area contributed by atoms with Crippen molar-refractivity contribution in [1.29, 1.82) is 0 Å². The molecule has 0 aromatic carbocycles. The van der Waals surface area contributed by atoms with Gasteiger partial charge in [-0.25, -0.2) is 4.98 Å². The Bertz CT molecular complexity index is 492. The van der Waals surface area contributed by atoms with E-state index in [1.165, 1.54) is 51.7 Å². The lowest BCUT2D eigenvalue weighted by atomic mass is 9.93. The van der Waals surface area contributed by atoms with E-state index in [1.54, 1.807) is 6.20 Å². The van der Waals surface area contributed by atoms with E-state index in [2.05, 4.69) is 25.5 Å². The van der Waals surface area contributed by atoms with Crippen LogP contribution in [0.15, 0.2) is 12.3 Å². The summed E-state index contributed by atoms with van der Waals surface area (Å²) in [6, 6.07) is 2.28. The van der Waals surface area contributed by atoms with Crippen molar-refractivity contribution < 1.29 is 4.74 Å². The minimum Gasteiger partial charge on any atom is -0.378 e. The standard InChI is InChI=1S/C18H31N5O/c1-19-17-8-9-20-18(22-17)21-15-6-4-7-16(14-15)24-13-5-12-23-10-2-3-11-23/h8-9,15-16H,2-7,10-14H2,1H3,(H2,19,20,21,22)/t15-,16+/m1/s1. The van der Waals surface area contributed by atoms with Crippen molar-refractivity contribution in [2.45, 2.75) is 57.1 Å². The third-order valence-electron chi connectivity index (χ3n) is 5.04. The lowest BCUT2D eigenvalue weighted by molar-refractivity contribution is 0.0213. The average molecular weight is 333 g/mol. The fraction of sp³-hybridized carbons (Fsp3) is 0.778. The van der Waals surface area contributed by atoms with E-state index in [9.17, 15) is 0 Å². The van der Waals surface area contributed by atoms with Crippen molar-refractivity contribution in [2.75, 3.05) is 43.9 Å². The van der Waals surface area contributed by atoms with Gasteiger partial charge in [0.25, 0.3) is 0 Å². The van der Waals surface area contributed by atoms with Crippen LogP contribution >= 0.6 is 0 Å². The Morgan fingerprint density at radius 3 is 2.96 bits per heavy atom. The topological polar surface area (TPSA) is 62.3 Å². The molecule has 2 fully saturated rings. The molecule has 1 saturated heterocycles. The Hall–Kier alpha value is -1.40. The van der Waals surface area contributed by atoms with Crippen molar-refractivity contribution in [2.24, 2.45) is 0 Å². The summed E-state index contributed by atoms with van der Waals surface area (Å²) in [5.74, 6) is 1.56. The van der Waals surface area contributed by atoms with Crippen LogP contribution in [0.5, 0.6) is 0 Å². The van der Waals surface area contributed by atoms with E-state index in [0.29, 0.717) is 18.1 Å². The second-order valence-electron chi connectivity index (χ2n) is 6.92. The second kappa shape index (κ2) is 9.18. The summed E-state index contributed by atoms with van der Waals surface area (Å²) >= 11 is 0. The molecule has 1 saturated carbocycles. The SMILES string of the molecule is CNc1ccnc(N[C@@H]2CCC[C@H](OCCCN3CCCC3)C2)n1. The summed E-state index contributed by atoms with van der Waals surface area (Å²) in [4.78, 5) is 11.3. The molecule has 2 heterocycles. The first-order valence-electron chi connectivity index (χ1n) is 9.45. The van der Waals surface area contributed by atoms with Crippen molar-refractivity contribution in [3.8, 4) is 0 Å². The Morgan fingerprint density at radius 2 is 2.12 bits per heavy atom. The lowest BCUT2D eigenvalue weighted by Gasteiger charge is -2.30. The monoisotopic (exact) mass is 333 g/mol. The van der Waals surface area contributed by atoms with E-state index in [1.807, 2.05) is 13.1 Å². The quantitative estimate of drug-likeness (QED) is 0.713. The zero-order chi connectivity index (χ0) is 16.6. The molecular formula is C18H31N5O. The van der Waals surface area contributed by atoms with Crippen LogP contribution in [0, 0.1) is 0 Å². The molecule has 1 aliphatic heterocycles. The van der Waals surface area contributed by atoms with Gasteiger partial charge in [-0.1, -0.05) is 0 Å². The van der Waals surface area contributed by atoms with Gasteiger partial charge in [0, 0.05) is 32.4 Å². The van der Waals surface area contributed by atoms with Crippen molar-refractivity contribution in [3.63, 3.8) is 0 Å². The molecule has 24 heavy (non-hydrogen) atoms. The van der Waals surface area contributed by atoms with Gasteiger partial charge >= 0.3 is 0 Å². The van der Waals surface area contributed by atoms with Gasteiger partial charge in [0.05, 0.1) is 6.10 Å². The summed E-state index contributed by atoms with van der Waals surface area (Å²) in [5, 5.41) is 6.52. The van der Waals surface area contributed by atoms with Crippen LogP contribution < -0.4 is 10.6 Å². The van der Waals surface area contributed by atoms with Gasteiger partial charge < -0.3 is 20.3 Å². The minimum atomic E-state index is 0.377. The summed E-state index contributed by atoms with van der Waals surface area (Å²) < 4.78 is 6.14. The summed E-state index contributed by atoms with van der Waals surface area (Å²) in [6.07, 6.45) is 10.7. The molecule has 0 spiro atoms. The first kappa shape index (κ1) is 17.4. The van der Waals surface area contributed by atoms with E-state index >= 15 is 0 Å². The molecule has 2 atom stereocenters. The molecule has 0 unspecified atom stereocenters. The molecular weight excluding hydrogens is 302 g/mol. The summed E-state index contributed by atoms with van der Waals surface area (Å²) in [7, 11) is 1.87. The number of nitrogens with one attached hydrogen (secondary N) is 2. The maximum atomic E-state index is 6.14. The molecule has 2 N–H and O–H groups in total. The first-order chi connectivity index (χ1) is 11.8. The molecule has 1 aromatic heterocycles. The minimum absolute atomic E-state index is 0.377. The van der Waals surface area contributed by atoms with Gasteiger partial charge in [0.1, 0.15) is 5.82 Å². The van der Waals surface area contributed by atoms with Crippen LogP contribution in [0.4, 0.5) is 11.8 Å². The molecule has 3 rings (SSSR count). The number of likely N-dealkylation sites (tertiary alicyclic amines) is 1. The zero-order valence-electron chi connectivity index (χ0n) is 14.8. The van der Waals surface area contributed by atoms with Gasteiger partial charge in [-0.3, -0.25) is 0 Å². The first-order valence-corrected chi connectivity index (χ1v) is 9.45. The van der Waals surface area contributed by atoms with E-state index in [0.717, 1.165) is 25.3 Å². The lowest BCUT2D eigenvalue weighted by Crippen LogP contribution is -2.32. The molecule has 0 bridgehead atoms. The maximum absolute atomic E-state index is 6.14. The average Bonchev–Trinajstić information content (AvgIpc) is 3.13. The molecule has 0 radical (unpaired) electrons. The van der Waals surface area contributed by atoms with Crippen LogP contribution in [0.1, 0.15) is 44.9 Å². The van der Waals surface area contributed by atoms with E-state index < -0.39 is 0 Å². The van der Waals surface area contributed by atoms with Crippen LogP contribution in [0.3, 0.4) is 0 Å². The number of hydrogen-bond acceptors (Lipinski definition) is 6.